The zero-order valence-electron chi connectivity index (χ0n) is 11.3. The first-order valence-corrected chi connectivity index (χ1v) is 7.58. The number of rotatable bonds is 10. The van der Waals surface area contributed by atoms with Gasteiger partial charge in [-0.2, -0.15) is 0 Å². The van der Waals surface area contributed by atoms with Crippen LogP contribution < -0.4 is 11.5 Å². The molecule has 0 saturated heterocycles. The highest BCUT2D eigenvalue weighted by atomic mass is 35.5. The van der Waals surface area contributed by atoms with Crippen LogP contribution in [0.3, 0.4) is 0 Å². The molecule has 0 fully saturated rings. The van der Waals surface area contributed by atoms with Crippen molar-refractivity contribution in [1.82, 2.24) is 0 Å². The van der Waals surface area contributed by atoms with Crippen LogP contribution in [0.1, 0.15) is 71.6 Å². The number of hydrogen-bond acceptors (Lipinski definition) is 2. The Hall–Kier alpha value is 0.500. The van der Waals surface area contributed by atoms with Crippen molar-refractivity contribution in [2.75, 3.05) is 0 Å². The van der Waals surface area contributed by atoms with Crippen LogP contribution in [0.2, 0.25) is 0 Å². The quantitative estimate of drug-likeness (QED) is 0.356. The van der Waals surface area contributed by atoms with E-state index in [1.807, 2.05) is 6.92 Å². The van der Waals surface area contributed by atoms with Gasteiger partial charge in [-0.15, -0.1) is 0 Å². The second-order valence-corrected chi connectivity index (χ2v) is 6.45. The summed E-state index contributed by atoms with van der Waals surface area (Å²) in [4.78, 5) is 0. The largest absolute Gasteiger partial charge is 0.311 e. The highest BCUT2D eigenvalue weighted by Gasteiger charge is 2.41. The minimum absolute atomic E-state index is 0.580. The van der Waals surface area contributed by atoms with Crippen molar-refractivity contribution in [2.45, 2.75) is 81.6 Å². The molecule has 0 amide bonds. The monoisotopic (exact) mass is 282 g/mol. The first kappa shape index (κ1) is 17.5. The molecule has 0 aliphatic carbocycles. The van der Waals surface area contributed by atoms with Gasteiger partial charge in [0, 0.05) is 0 Å². The van der Waals surface area contributed by atoms with E-state index in [-0.39, 0.29) is 0 Å². The third-order valence-electron chi connectivity index (χ3n) is 3.36. The Balaban J connectivity index is 3.66. The van der Waals surface area contributed by atoms with E-state index < -0.39 is 10.00 Å². The molecular formula is C13H28Cl2N2. The summed E-state index contributed by atoms with van der Waals surface area (Å²) in [5.74, 6) is 0. The van der Waals surface area contributed by atoms with Crippen LogP contribution in [-0.2, 0) is 0 Å². The molecule has 2 nitrogen and oxygen atoms in total. The smallest absolute Gasteiger partial charge is 0.148 e. The van der Waals surface area contributed by atoms with Crippen LogP contribution in [0.25, 0.3) is 0 Å². The zero-order valence-corrected chi connectivity index (χ0v) is 12.8. The minimum atomic E-state index is -1.01. The van der Waals surface area contributed by atoms with Crippen molar-refractivity contribution in [3.05, 3.63) is 0 Å². The molecule has 0 aromatic carbocycles. The highest BCUT2D eigenvalue weighted by molar-refractivity contribution is 6.49. The van der Waals surface area contributed by atoms with Crippen molar-refractivity contribution in [2.24, 2.45) is 11.5 Å². The Morgan fingerprint density at radius 2 is 1.29 bits per heavy atom. The minimum Gasteiger partial charge on any atom is -0.311 e. The van der Waals surface area contributed by atoms with Crippen molar-refractivity contribution in [3.8, 4) is 0 Å². The van der Waals surface area contributed by atoms with Gasteiger partial charge < -0.3 is 11.5 Å². The molecule has 0 aliphatic rings. The third kappa shape index (κ3) is 6.85. The van der Waals surface area contributed by atoms with Crippen molar-refractivity contribution < 1.29 is 0 Å². The molecule has 4 N–H and O–H groups in total. The van der Waals surface area contributed by atoms with Gasteiger partial charge in [0.1, 0.15) is 4.33 Å². The van der Waals surface area contributed by atoms with Crippen LogP contribution in [0.15, 0.2) is 0 Å². The maximum absolute atomic E-state index is 6.21. The third-order valence-corrected chi connectivity index (χ3v) is 4.44. The fourth-order valence-electron chi connectivity index (χ4n) is 1.80. The number of hydrogen-bond donors (Lipinski definition) is 2. The van der Waals surface area contributed by atoms with E-state index in [1.54, 1.807) is 0 Å². The van der Waals surface area contributed by atoms with Crippen molar-refractivity contribution >= 4 is 23.2 Å². The van der Waals surface area contributed by atoms with Crippen molar-refractivity contribution in [3.63, 3.8) is 0 Å². The van der Waals surface area contributed by atoms with Crippen LogP contribution in [0.5, 0.6) is 0 Å². The summed E-state index contributed by atoms with van der Waals surface area (Å²) < 4.78 is -1.01. The first-order valence-electron chi connectivity index (χ1n) is 6.83. The van der Waals surface area contributed by atoms with Gasteiger partial charge >= 0.3 is 0 Å². The maximum Gasteiger partial charge on any atom is 0.148 e. The Kier molecular flexibility index (Phi) is 8.83. The standard InChI is InChI=1S/C13H28Cl2N2/c1-3-5-6-7-8-9-10-11-12(14,15)13(16,17)4-2/h3-11,16-17H2,1-2H3. The molecule has 0 atom stereocenters. The number of nitrogens with two attached hydrogens (primary N) is 2. The van der Waals surface area contributed by atoms with Gasteiger partial charge in [0.05, 0.1) is 5.66 Å². The van der Waals surface area contributed by atoms with Gasteiger partial charge in [-0.05, 0) is 12.8 Å². The van der Waals surface area contributed by atoms with Gasteiger partial charge in [0.2, 0.25) is 0 Å². The second-order valence-electron chi connectivity index (χ2n) is 4.97. The molecule has 17 heavy (non-hydrogen) atoms. The van der Waals surface area contributed by atoms with Gasteiger partial charge in [-0.3, -0.25) is 0 Å². The van der Waals surface area contributed by atoms with E-state index in [1.165, 1.54) is 32.1 Å². The van der Waals surface area contributed by atoms with Crippen LogP contribution in [0, 0.1) is 0 Å². The molecule has 0 aliphatic heterocycles. The van der Waals surface area contributed by atoms with E-state index in [4.69, 9.17) is 34.7 Å². The molecule has 0 saturated carbocycles. The molecule has 0 unspecified atom stereocenters. The van der Waals surface area contributed by atoms with Gasteiger partial charge in [0.15, 0.2) is 0 Å². The fraction of sp³-hybridized carbons (Fsp3) is 1.00. The molecule has 0 aromatic rings. The highest BCUT2D eigenvalue weighted by Crippen LogP contribution is 2.36. The summed E-state index contributed by atoms with van der Waals surface area (Å²) in [7, 11) is 0. The molecule has 104 valence electrons. The summed E-state index contributed by atoms with van der Waals surface area (Å²) in [6.07, 6.45) is 9.90. The van der Waals surface area contributed by atoms with Crippen LogP contribution in [0.4, 0.5) is 0 Å². The summed E-state index contributed by atoms with van der Waals surface area (Å²) in [5, 5.41) is 0. The lowest BCUT2D eigenvalue weighted by molar-refractivity contribution is 0.350. The van der Waals surface area contributed by atoms with E-state index in [0.29, 0.717) is 12.8 Å². The second kappa shape index (κ2) is 8.58. The van der Waals surface area contributed by atoms with E-state index in [0.717, 1.165) is 12.8 Å². The number of halogens is 2. The summed E-state index contributed by atoms with van der Waals surface area (Å²) >= 11 is 12.4. The summed E-state index contributed by atoms with van der Waals surface area (Å²) in [5.41, 5.74) is 10.8. The summed E-state index contributed by atoms with van der Waals surface area (Å²) in [6, 6.07) is 0. The Bertz CT molecular complexity index is 194. The molecule has 0 spiro atoms. The van der Waals surface area contributed by atoms with Gasteiger partial charge in [-0.1, -0.05) is 82.0 Å². The molecule has 0 radical (unpaired) electrons. The predicted molar refractivity (Wildman–Crippen MR) is 78.4 cm³/mol. The lowest BCUT2D eigenvalue weighted by atomic mass is 9.98. The van der Waals surface area contributed by atoms with E-state index >= 15 is 0 Å². The number of alkyl halides is 2. The van der Waals surface area contributed by atoms with Crippen LogP contribution in [-0.4, -0.2) is 10.00 Å². The molecule has 4 heteroatoms. The first-order chi connectivity index (χ1) is 7.87. The van der Waals surface area contributed by atoms with E-state index in [9.17, 15) is 0 Å². The molecule has 0 heterocycles. The fourth-order valence-corrected chi connectivity index (χ4v) is 2.33. The average molecular weight is 283 g/mol. The number of unbranched alkanes of at least 4 members (excludes halogenated alkanes) is 6. The molecular weight excluding hydrogens is 255 g/mol. The SMILES string of the molecule is CCCCCCCCCC(Cl)(Cl)C(N)(N)CC. The van der Waals surface area contributed by atoms with Crippen LogP contribution >= 0.6 is 23.2 Å². The van der Waals surface area contributed by atoms with E-state index in [2.05, 4.69) is 6.92 Å². The Morgan fingerprint density at radius 3 is 1.76 bits per heavy atom. The average Bonchev–Trinajstić information content (AvgIpc) is 2.27. The topological polar surface area (TPSA) is 52.0 Å². The molecule has 0 bridgehead atoms. The maximum atomic E-state index is 6.21. The predicted octanol–water partition coefficient (Wildman–Crippen LogP) is 4.32. The normalized spacial score (nSPS) is 13.1. The zero-order chi connectivity index (χ0) is 13.4. The Labute approximate surface area is 116 Å². The molecule has 0 rings (SSSR count). The van der Waals surface area contributed by atoms with Crippen molar-refractivity contribution in [1.29, 1.82) is 0 Å². The lowest BCUT2D eigenvalue weighted by Gasteiger charge is -2.36. The lowest BCUT2D eigenvalue weighted by Crippen LogP contribution is -2.61. The summed E-state index contributed by atoms with van der Waals surface area (Å²) in [6.45, 7) is 4.13. The molecule has 0 aromatic heterocycles. The van der Waals surface area contributed by atoms with Gasteiger partial charge in [0.25, 0.3) is 0 Å². The van der Waals surface area contributed by atoms with Gasteiger partial charge in [-0.25, -0.2) is 0 Å². The Morgan fingerprint density at radius 1 is 0.824 bits per heavy atom.